The average Bonchev–Trinajstić information content (AvgIpc) is 3.18. The van der Waals surface area contributed by atoms with Crippen molar-refractivity contribution in [2.45, 2.75) is 51.4 Å². The number of anilines is 1. The summed E-state index contributed by atoms with van der Waals surface area (Å²) >= 11 is 3.44. The Bertz CT molecular complexity index is 1620. The van der Waals surface area contributed by atoms with Crippen molar-refractivity contribution < 1.29 is 8.83 Å². The van der Waals surface area contributed by atoms with Gasteiger partial charge in [0.1, 0.15) is 22.7 Å². The monoisotopic (exact) mass is 517 g/mol. The molecule has 0 amide bonds. The normalized spacial score (nSPS) is 18.2. The van der Waals surface area contributed by atoms with Crippen molar-refractivity contribution in [2.24, 2.45) is 0 Å². The van der Waals surface area contributed by atoms with E-state index >= 15 is 0 Å². The molecular weight excluding hydrogens is 494 g/mol. The standard InChI is InChI=1S/C27H24BrN3O3/c1-26(2)7-9-31-10-8-27(3,4)21-22(31)17(26)12-15-16(13-29)20(25(32)34-23(15)21)24-30-18-11-14(28)5-6-19(18)33-24/h5-6,11-12H,7-10H2,1-4H3. The minimum absolute atomic E-state index is 0.0604. The van der Waals surface area contributed by atoms with Crippen molar-refractivity contribution in [3.63, 3.8) is 0 Å². The zero-order valence-corrected chi connectivity index (χ0v) is 21.2. The second kappa shape index (κ2) is 6.96. The molecule has 34 heavy (non-hydrogen) atoms. The lowest BCUT2D eigenvalue weighted by Gasteiger charge is -2.48. The van der Waals surface area contributed by atoms with E-state index in [2.05, 4.69) is 65.6 Å². The number of benzene rings is 2. The summed E-state index contributed by atoms with van der Waals surface area (Å²) < 4.78 is 12.8. The largest absolute Gasteiger partial charge is 0.436 e. The lowest BCUT2D eigenvalue weighted by molar-refractivity contribution is 0.398. The maximum Gasteiger partial charge on any atom is 0.350 e. The third kappa shape index (κ3) is 2.91. The highest BCUT2D eigenvalue weighted by Gasteiger charge is 2.42. The Balaban J connectivity index is 1.74. The molecule has 0 aliphatic carbocycles. The van der Waals surface area contributed by atoms with Crippen LogP contribution in [-0.4, -0.2) is 18.1 Å². The Morgan fingerprint density at radius 3 is 2.56 bits per heavy atom. The molecule has 6 rings (SSSR count). The van der Waals surface area contributed by atoms with Gasteiger partial charge in [-0.2, -0.15) is 5.26 Å². The van der Waals surface area contributed by atoms with Gasteiger partial charge in [-0.1, -0.05) is 43.6 Å². The van der Waals surface area contributed by atoms with Crippen LogP contribution in [0.5, 0.6) is 0 Å². The Kier molecular flexibility index (Phi) is 4.38. The molecule has 2 aromatic carbocycles. The highest BCUT2D eigenvalue weighted by molar-refractivity contribution is 9.10. The van der Waals surface area contributed by atoms with E-state index in [0.29, 0.717) is 22.1 Å². The first-order valence-electron chi connectivity index (χ1n) is 11.5. The summed E-state index contributed by atoms with van der Waals surface area (Å²) in [5.41, 5.74) is 4.53. The van der Waals surface area contributed by atoms with Gasteiger partial charge in [-0.25, -0.2) is 9.78 Å². The molecule has 0 radical (unpaired) electrons. The SMILES string of the molecule is CC1(C)CCN2CCC(C)(C)c3c2c1cc1c(C#N)c(-c2nc4cc(Br)ccc4o2)c(=O)oc31. The topological polar surface area (TPSA) is 83.3 Å². The molecule has 6 nitrogen and oxygen atoms in total. The van der Waals surface area contributed by atoms with Crippen LogP contribution < -0.4 is 10.5 Å². The van der Waals surface area contributed by atoms with Crippen molar-refractivity contribution in [1.82, 2.24) is 4.98 Å². The number of nitrogens with zero attached hydrogens (tertiary/aromatic N) is 3. The Morgan fingerprint density at radius 1 is 1.09 bits per heavy atom. The molecule has 0 saturated heterocycles. The Hall–Kier alpha value is -3.11. The molecule has 2 aromatic heterocycles. The molecule has 0 saturated carbocycles. The molecular formula is C27H24BrN3O3. The molecule has 0 spiro atoms. The minimum atomic E-state index is -0.603. The van der Waals surface area contributed by atoms with Gasteiger partial charge < -0.3 is 13.7 Å². The first-order chi connectivity index (χ1) is 16.1. The first kappa shape index (κ1) is 21.4. The number of oxazole rings is 1. The first-order valence-corrected chi connectivity index (χ1v) is 12.3. The van der Waals surface area contributed by atoms with Gasteiger partial charge in [-0.3, -0.25) is 0 Å². The van der Waals surface area contributed by atoms with Gasteiger partial charge in [-0.15, -0.1) is 0 Å². The second-order valence-corrected chi connectivity index (χ2v) is 11.6. The predicted molar refractivity (Wildman–Crippen MR) is 135 cm³/mol. The van der Waals surface area contributed by atoms with E-state index in [1.165, 1.54) is 11.3 Å². The summed E-state index contributed by atoms with van der Waals surface area (Å²) in [5.74, 6) is 0.104. The zero-order valence-electron chi connectivity index (χ0n) is 19.6. The van der Waals surface area contributed by atoms with Crippen LogP contribution in [-0.2, 0) is 10.8 Å². The fourth-order valence-electron chi connectivity index (χ4n) is 5.54. The lowest BCUT2D eigenvalue weighted by atomic mass is 9.69. The van der Waals surface area contributed by atoms with Gasteiger partial charge in [0.2, 0.25) is 5.89 Å². The van der Waals surface area contributed by atoms with Crippen molar-refractivity contribution in [1.29, 1.82) is 5.26 Å². The molecule has 0 fully saturated rings. The quantitative estimate of drug-likeness (QED) is 0.271. The number of rotatable bonds is 1. The number of fused-ring (bicyclic) bond motifs is 3. The Morgan fingerprint density at radius 2 is 1.82 bits per heavy atom. The van der Waals surface area contributed by atoms with E-state index in [9.17, 15) is 10.1 Å². The van der Waals surface area contributed by atoms with Gasteiger partial charge in [0.25, 0.3) is 0 Å². The van der Waals surface area contributed by atoms with E-state index in [-0.39, 0.29) is 27.8 Å². The highest BCUT2D eigenvalue weighted by Crippen LogP contribution is 2.52. The molecule has 172 valence electrons. The van der Waals surface area contributed by atoms with Crippen LogP contribution in [0.25, 0.3) is 33.5 Å². The van der Waals surface area contributed by atoms with Crippen molar-refractivity contribution in [2.75, 3.05) is 18.0 Å². The number of nitriles is 1. The van der Waals surface area contributed by atoms with E-state index in [0.717, 1.165) is 36.0 Å². The summed E-state index contributed by atoms with van der Waals surface area (Å²) in [6.45, 7) is 10.8. The van der Waals surface area contributed by atoms with E-state index in [1.807, 2.05) is 12.1 Å². The Labute approximate surface area is 205 Å². The van der Waals surface area contributed by atoms with Crippen molar-refractivity contribution >= 4 is 43.7 Å². The summed E-state index contributed by atoms with van der Waals surface area (Å²) in [5, 5.41) is 10.9. The van der Waals surface area contributed by atoms with Gasteiger partial charge in [-0.05, 0) is 53.5 Å². The van der Waals surface area contributed by atoms with E-state index < -0.39 is 5.63 Å². The van der Waals surface area contributed by atoms with Crippen molar-refractivity contribution in [3.8, 4) is 17.5 Å². The summed E-state index contributed by atoms with van der Waals surface area (Å²) in [4.78, 5) is 20.3. The fraction of sp³-hybridized carbons (Fsp3) is 0.370. The summed E-state index contributed by atoms with van der Waals surface area (Å²) in [6.07, 6.45) is 1.98. The van der Waals surface area contributed by atoms with E-state index in [4.69, 9.17) is 8.83 Å². The summed E-state index contributed by atoms with van der Waals surface area (Å²) in [7, 11) is 0. The van der Waals surface area contributed by atoms with Crippen LogP contribution in [0.15, 0.2) is 42.4 Å². The molecule has 0 unspecified atom stereocenters. The van der Waals surface area contributed by atoms with Crippen LogP contribution in [0.4, 0.5) is 5.69 Å². The molecule has 4 aromatic rings. The van der Waals surface area contributed by atoms with Crippen LogP contribution in [0, 0.1) is 11.3 Å². The van der Waals surface area contributed by atoms with Crippen LogP contribution in [0.2, 0.25) is 0 Å². The van der Waals surface area contributed by atoms with Gasteiger partial charge in [0.15, 0.2) is 5.58 Å². The number of hydrogen-bond donors (Lipinski definition) is 0. The number of hydrogen-bond acceptors (Lipinski definition) is 6. The van der Waals surface area contributed by atoms with Gasteiger partial charge in [0, 0.05) is 34.2 Å². The van der Waals surface area contributed by atoms with Gasteiger partial charge in [0.05, 0.1) is 5.56 Å². The third-order valence-corrected chi connectivity index (χ3v) is 8.07. The van der Waals surface area contributed by atoms with Crippen LogP contribution in [0.1, 0.15) is 57.2 Å². The molecule has 0 N–H and O–H groups in total. The van der Waals surface area contributed by atoms with E-state index in [1.54, 1.807) is 6.07 Å². The van der Waals surface area contributed by atoms with Crippen LogP contribution >= 0.6 is 15.9 Å². The number of halogens is 1. The average molecular weight is 518 g/mol. The number of aromatic nitrogens is 1. The fourth-order valence-corrected chi connectivity index (χ4v) is 5.89. The molecule has 0 atom stereocenters. The predicted octanol–water partition coefficient (Wildman–Crippen LogP) is 6.40. The molecule has 2 aliphatic heterocycles. The van der Waals surface area contributed by atoms with Crippen LogP contribution in [0.3, 0.4) is 0 Å². The minimum Gasteiger partial charge on any atom is -0.436 e. The molecule has 0 bridgehead atoms. The molecule has 2 aliphatic rings. The molecule has 7 heteroatoms. The zero-order chi connectivity index (χ0) is 24.0. The highest BCUT2D eigenvalue weighted by atomic mass is 79.9. The third-order valence-electron chi connectivity index (χ3n) is 7.58. The molecule has 4 heterocycles. The smallest absolute Gasteiger partial charge is 0.350 e. The second-order valence-electron chi connectivity index (χ2n) is 10.7. The maximum absolute atomic E-state index is 13.4. The lowest BCUT2D eigenvalue weighted by Crippen LogP contribution is -2.44. The summed E-state index contributed by atoms with van der Waals surface area (Å²) in [6, 6.07) is 9.80. The maximum atomic E-state index is 13.4. The van der Waals surface area contributed by atoms with Crippen molar-refractivity contribution in [3.05, 3.63) is 55.8 Å². The van der Waals surface area contributed by atoms with Gasteiger partial charge >= 0.3 is 5.63 Å².